The molecule has 5 nitrogen and oxygen atoms in total. The number of hydrogen-bond donors (Lipinski definition) is 0. The number of aryl methyl sites for hydroxylation is 1. The Morgan fingerprint density at radius 1 is 0.852 bits per heavy atom. The van der Waals surface area contributed by atoms with Gasteiger partial charge >= 0.3 is 0 Å². The Hall–Kier alpha value is -2.82. The Balaban J connectivity index is 1.43. The van der Waals surface area contributed by atoms with Crippen molar-refractivity contribution in [3.8, 4) is 5.75 Å². The zero-order chi connectivity index (χ0) is 18.8. The lowest BCUT2D eigenvalue weighted by molar-refractivity contribution is 0.0718. The predicted octanol–water partition coefficient (Wildman–Crippen LogP) is 2.92. The Labute approximate surface area is 159 Å². The van der Waals surface area contributed by atoms with Crippen molar-refractivity contribution in [1.29, 1.82) is 0 Å². The molecule has 4 rings (SSSR count). The van der Waals surface area contributed by atoms with Crippen LogP contribution in [0.4, 0.5) is 0 Å². The van der Waals surface area contributed by atoms with Crippen LogP contribution < -0.4 is 4.74 Å². The second-order valence-corrected chi connectivity index (χ2v) is 7.22. The molecule has 0 radical (unpaired) electrons. The second-order valence-electron chi connectivity index (χ2n) is 7.22. The molecule has 5 heteroatoms. The van der Waals surface area contributed by atoms with Crippen LogP contribution >= 0.6 is 0 Å². The van der Waals surface area contributed by atoms with Crippen LogP contribution in [0.3, 0.4) is 0 Å². The zero-order valence-electron chi connectivity index (χ0n) is 15.6. The lowest BCUT2D eigenvalue weighted by Gasteiger charge is -2.22. The Kier molecular flexibility index (Phi) is 4.84. The number of fused-ring (bicyclic) bond motifs is 1. The smallest absolute Gasteiger partial charge is 0.253 e. The molecule has 0 spiro atoms. The van der Waals surface area contributed by atoms with Crippen LogP contribution in [0.2, 0.25) is 0 Å². The van der Waals surface area contributed by atoms with E-state index in [9.17, 15) is 9.59 Å². The van der Waals surface area contributed by atoms with Gasteiger partial charge in [-0.25, -0.2) is 0 Å². The third-order valence-electron chi connectivity index (χ3n) is 5.31. The molecule has 2 aliphatic rings. The topological polar surface area (TPSA) is 49.9 Å². The van der Waals surface area contributed by atoms with Crippen molar-refractivity contribution in [3.63, 3.8) is 0 Å². The summed E-state index contributed by atoms with van der Waals surface area (Å²) in [5, 5.41) is 0. The van der Waals surface area contributed by atoms with E-state index in [-0.39, 0.29) is 11.8 Å². The van der Waals surface area contributed by atoms with Crippen LogP contribution in [0.1, 0.15) is 38.3 Å². The van der Waals surface area contributed by atoms with E-state index in [1.54, 1.807) is 0 Å². The molecule has 0 N–H and O–H groups in total. The fraction of sp³-hybridized carbons (Fsp3) is 0.364. The molecule has 0 atom stereocenters. The minimum Gasteiger partial charge on any atom is -0.493 e. The molecule has 2 amide bonds. The Morgan fingerprint density at radius 3 is 2.19 bits per heavy atom. The summed E-state index contributed by atoms with van der Waals surface area (Å²) in [7, 11) is 0. The minimum atomic E-state index is 0.0364. The monoisotopic (exact) mass is 364 g/mol. The van der Waals surface area contributed by atoms with Crippen LogP contribution in [0.5, 0.6) is 5.75 Å². The molecular weight excluding hydrogens is 340 g/mol. The average molecular weight is 364 g/mol. The Bertz CT molecular complexity index is 860. The molecule has 0 bridgehead atoms. The Morgan fingerprint density at radius 2 is 1.48 bits per heavy atom. The van der Waals surface area contributed by atoms with Crippen LogP contribution in [0.25, 0.3) is 0 Å². The highest BCUT2D eigenvalue weighted by molar-refractivity contribution is 5.95. The van der Waals surface area contributed by atoms with Crippen molar-refractivity contribution in [2.45, 2.75) is 19.8 Å². The second kappa shape index (κ2) is 7.43. The van der Waals surface area contributed by atoms with Gasteiger partial charge in [0.2, 0.25) is 0 Å². The molecule has 27 heavy (non-hydrogen) atoms. The zero-order valence-corrected chi connectivity index (χ0v) is 15.6. The standard InChI is InChI=1S/C22H24N2O3/c1-16-3-5-17(6-4-16)21(25)23-10-2-11-24(13-12-23)22(26)19-7-8-20-18(15-19)9-14-27-20/h3-8,15H,2,9-14H2,1H3. The molecule has 1 fully saturated rings. The van der Waals surface area contributed by atoms with E-state index in [1.165, 1.54) is 0 Å². The van der Waals surface area contributed by atoms with Gasteiger partial charge in [0.25, 0.3) is 11.8 Å². The summed E-state index contributed by atoms with van der Waals surface area (Å²) in [6.07, 6.45) is 1.65. The van der Waals surface area contributed by atoms with Gasteiger partial charge in [-0.15, -0.1) is 0 Å². The van der Waals surface area contributed by atoms with Gasteiger partial charge in [0.05, 0.1) is 6.61 Å². The van der Waals surface area contributed by atoms with Crippen molar-refractivity contribution >= 4 is 11.8 Å². The van der Waals surface area contributed by atoms with Gasteiger partial charge in [0.15, 0.2) is 0 Å². The minimum absolute atomic E-state index is 0.0364. The maximum absolute atomic E-state index is 12.9. The van der Waals surface area contributed by atoms with Crippen molar-refractivity contribution < 1.29 is 14.3 Å². The highest BCUT2D eigenvalue weighted by Gasteiger charge is 2.24. The van der Waals surface area contributed by atoms with Gasteiger partial charge in [-0.05, 0) is 49.2 Å². The first-order valence-electron chi connectivity index (χ1n) is 9.53. The van der Waals surface area contributed by atoms with Crippen LogP contribution in [0, 0.1) is 6.92 Å². The van der Waals surface area contributed by atoms with Crippen molar-refractivity contribution in [3.05, 3.63) is 64.7 Å². The van der Waals surface area contributed by atoms with E-state index in [2.05, 4.69) is 0 Å². The summed E-state index contributed by atoms with van der Waals surface area (Å²) in [4.78, 5) is 29.4. The number of carbonyl (C=O) groups is 2. The molecule has 0 aliphatic carbocycles. The van der Waals surface area contributed by atoms with Gasteiger partial charge in [0, 0.05) is 43.7 Å². The molecule has 2 heterocycles. The molecule has 2 aromatic carbocycles. The summed E-state index contributed by atoms with van der Waals surface area (Å²) >= 11 is 0. The molecule has 0 saturated carbocycles. The third kappa shape index (κ3) is 3.68. The number of rotatable bonds is 2. The summed E-state index contributed by atoms with van der Waals surface area (Å²) in [6.45, 7) is 5.16. The summed E-state index contributed by atoms with van der Waals surface area (Å²) in [6, 6.07) is 13.3. The summed E-state index contributed by atoms with van der Waals surface area (Å²) in [5.41, 5.74) is 3.65. The fourth-order valence-corrected chi connectivity index (χ4v) is 3.70. The van der Waals surface area contributed by atoms with Gasteiger partial charge in [0.1, 0.15) is 5.75 Å². The molecule has 0 unspecified atom stereocenters. The van der Waals surface area contributed by atoms with Crippen molar-refractivity contribution in [2.75, 3.05) is 32.8 Å². The first kappa shape index (κ1) is 17.6. The molecule has 1 saturated heterocycles. The van der Waals surface area contributed by atoms with Gasteiger partial charge < -0.3 is 14.5 Å². The van der Waals surface area contributed by atoms with Crippen LogP contribution in [0.15, 0.2) is 42.5 Å². The normalized spacial score (nSPS) is 16.5. The molecule has 140 valence electrons. The molecule has 0 aromatic heterocycles. The SMILES string of the molecule is Cc1ccc(C(=O)N2CCCN(C(=O)c3ccc4c(c3)CCO4)CC2)cc1. The highest BCUT2D eigenvalue weighted by atomic mass is 16.5. The summed E-state index contributed by atoms with van der Waals surface area (Å²) in [5.74, 6) is 0.964. The van der Waals surface area contributed by atoms with Crippen molar-refractivity contribution in [2.24, 2.45) is 0 Å². The van der Waals surface area contributed by atoms with Crippen LogP contribution in [-0.2, 0) is 6.42 Å². The number of ether oxygens (including phenoxy) is 1. The lowest BCUT2D eigenvalue weighted by Crippen LogP contribution is -2.37. The van der Waals surface area contributed by atoms with Gasteiger partial charge in [-0.1, -0.05) is 17.7 Å². The average Bonchev–Trinajstić information content (AvgIpc) is 3.02. The number of benzene rings is 2. The maximum Gasteiger partial charge on any atom is 0.253 e. The molecular formula is C22H24N2O3. The quantitative estimate of drug-likeness (QED) is 0.823. The van der Waals surface area contributed by atoms with Gasteiger partial charge in [-0.2, -0.15) is 0 Å². The van der Waals surface area contributed by atoms with E-state index >= 15 is 0 Å². The molecule has 2 aromatic rings. The fourth-order valence-electron chi connectivity index (χ4n) is 3.70. The van der Waals surface area contributed by atoms with Crippen LogP contribution in [-0.4, -0.2) is 54.4 Å². The third-order valence-corrected chi connectivity index (χ3v) is 5.31. The van der Waals surface area contributed by atoms with E-state index in [0.29, 0.717) is 43.9 Å². The van der Waals surface area contributed by atoms with E-state index < -0.39 is 0 Å². The number of nitrogens with zero attached hydrogens (tertiary/aromatic N) is 2. The summed E-state index contributed by atoms with van der Waals surface area (Å²) < 4.78 is 5.52. The van der Waals surface area contributed by atoms with E-state index in [4.69, 9.17) is 4.74 Å². The van der Waals surface area contributed by atoms with E-state index in [0.717, 1.165) is 29.7 Å². The highest BCUT2D eigenvalue weighted by Crippen LogP contribution is 2.26. The lowest BCUT2D eigenvalue weighted by atomic mass is 10.1. The maximum atomic E-state index is 12.9. The number of amides is 2. The largest absolute Gasteiger partial charge is 0.493 e. The first-order valence-corrected chi connectivity index (χ1v) is 9.53. The number of hydrogen-bond acceptors (Lipinski definition) is 3. The van der Waals surface area contributed by atoms with E-state index in [1.807, 2.05) is 59.2 Å². The van der Waals surface area contributed by atoms with Gasteiger partial charge in [-0.3, -0.25) is 9.59 Å². The number of carbonyl (C=O) groups excluding carboxylic acids is 2. The molecule has 2 aliphatic heterocycles. The van der Waals surface area contributed by atoms with Crippen molar-refractivity contribution in [1.82, 2.24) is 9.80 Å². The predicted molar refractivity (Wildman–Crippen MR) is 103 cm³/mol. The first-order chi connectivity index (χ1) is 13.1.